The van der Waals surface area contributed by atoms with Crippen LogP contribution in [0.2, 0.25) is 0 Å². The number of rotatable bonds is 5. The molecule has 0 aliphatic heterocycles. The highest BCUT2D eigenvalue weighted by Crippen LogP contribution is 2.22. The fourth-order valence-electron chi connectivity index (χ4n) is 1.56. The van der Waals surface area contributed by atoms with Crippen LogP contribution in [0.3, 0.4) is 0 Å². The van der Waals surface area contributed by atoms with Gasteiger partial charge in [-0.1, -0.05) is 12.1 Å². The van der Waals surface area contributed by atoms with Gasteiger partial charge in [-0.3, -0.25) is 0 Å². The van der Waals surface area contributed by atoms with Crippen molar-refractivity contribution >= 4 is 21.7 Å². The van der Waals surface area contributed by atoms with Gasteiger partial charge in [-0.05, 0) is 25.1 Å². The zero-order valence-electron chi connectivity index (χ0n) is 10.4. The molecule has 0 aliphatic carbocycles. The molecule has 1 heterocycles. The second-order valence-electron chi connectivity index (χ2n) is 3.70. The summed E-state index contributed by atoms with van der Waals surface area (Å²) in [7, 11) is -3.70. The van der Waals surface area contributed by atoms with Gasteiger partial charge in [0.15, 0.2) is 0 Å². The molecule has 0 amide bonds. The van der Waals surface area contributed by atoms with E-state index in [1.165, 1.54) is 18.5 Å². The van der Waals surface area contributed by atoms with Gasteiger partial charge in [0.05, 0.1) is 5.69 Å². The van der Waals surface area contributed by atoms with Crippen molar-refractivity contribution in [2.24, 2.45) is 0 Å². The predicted octanol–water partition coefficient (Wildman–Crippen LogP) is 1.71. The smallest absolute Gasteiger partial charge is 0.266 e. The van der Waals surface area contributed by atoms with E-state index >= 15 is 0 Å². The van der Waals surface area contributed by atoms with Crippen LogP contribution in [0.5, 0.6) is 0 Å². The van der Waals surface area contributed by atoms with Crippen LogP contribution in [-0.4, -0.2) is 24.9 Å². The Morgan fingerprint density at radius 1 is 1.11 bits per heavy atom. The van der Waals surface area contributed by atoms with E-state index in [0.29, 0.717) is 12.2 Å². The maximum absolute atomic E-state index is 12.3. The van der Waals surface area contributed by atoms with Crippen LogP contribution >= 0.6 is 0 Å². The molecule has 0 aliphatic rings. The van der Waals surface area contributed by atoms with Crippen molar-refractivity contribution in [3.05, 3.63) is 42.7 Å². The van der Waals surface area contributed by atoms with Gasteiger partial charge in [0.2, 0.25) is 5.95 Å². The van der Waals surface area contributed by atoms with E-state index in [-0.39, 0.29) is 10.8 Å². The molecular formula is C12H14N4O2S. The average Bonchev–Trinajstić information content (AvgIpc) is 2.40. The molecule has 6 nitrogen and oxygen atoms in total. The van der Waals surface area contributed by atoms with E-state index in [4.69, 9.17) is 0 Å². The number of para-hydroxylation sites is 1. The lowest BCUT2D eigenvalue weighted by atomic mass is 10.3. The van der Waals surface area contributed by atoms with Crippen LogP contribution in [0, 0.1) is 0 Å². The Morgan fingerprint density at radius 3 is 2.47 bits per heavy atom. The molecule has 7 heteroatoms. The highest BCUT2D eigenvalue weighted by Gasteiger charge is 2.18. The topological polar surface area (TPSA) is 84.0 Å². The molecule has 0 saturated heterocycles. The zero-order valence-corrected chi connectivity index (χ0v) is 11.2. The predicted molar refractivity (Wildman–Crippen MR) is 73.4 cm³/mol. The van der Waals surface area contributed by atoms with E-state index in [1.54, 1.807) is 24.3 Å². The summed E-state index contributed by atoms with van der Waals surface area (Å²) < 4.78 is 26.9. The number of nitrogens with zero attached hydrogens (tertiary/aromatic N) is 2. The maximum atomic E-state index is 12.3. The van der Waals surface area contributed by atoms with E-state index in [2.05, 4.69) is 20.0 Å². The first-order valence-electron chi connectivity index (χ1n) is 5.76. The van der Waals surface area contributed by atoms with Crippen molar-refractivity contribution in [3.8, 4) is 0 Å². The number of hydrogen-bond donors (Lipinski definition) is 2. The van der Waals surface area contributed by atoms with Crippen LogP contribution in [0.25, 0.3) is 0 Å². The highest BCUT2D eigenvalue weighted by atomic mass is 32.2. The van der Waals surface area contributed by atoms with Crippen molar-refractivity contribution in [3.63, 3.8) is 0 Å². The van der Waals surface area contributed by atoms with Gasteiger partial charge in [0.1, 0.15) is 4.90 Å². The lowest BCUT2D eigenvalue weighted by molar-refractivity contribution is 0.601. The fraction of sp³-hybridized carbons (Fsp3) is 0.167. The molecular weight excluding hydrogens is 264 g/mol. The Balaban J connectivity index is 2.35. The zero-order chi connectivity index (χ0) is 13.7. The highest BCUT2D eigenvalue weighted by molar-refractivity contribution is 7.92. The molecule has 0 atom stereocenters. The lowest BCUT2D eigenvalue weighted by Crippen LogP contribution is -2.16. The van der Waals surface area contributed by atoms with E-state index < -0.39 is 10.0 Å². The van der Waals surface area contributed by atoms with E-state index in [0.717, 1.165) is 0 Å². The largest absolute Gasteiger partial charge is 0.384 e. The van der Waals surface area contributed by atoms with Crippen LogP contribution in [0.1, 0.15) is 6.92 Å². The quantitative estimate of drug-likeness (QED) is 0.869. The first kappa shape index (κ1) is 13.3. The van der Waals surface area contributed by atoms with E-state index in [1.807, 2.05) is 6.92 Å². The van der Waals surface area contributed by atoms with Gasteiger partial charge >= 0.3 is 0 Å². The fourth-order valence-corrected chi connectivity index (χ4v) is 2.71. The monoisotopic (exact) mass is 278 g/mol. The minimum absolute atomic E-state index is 0.0498. The number of anilines is 2. The number of benzene rings is 1. The van der Waals surface area contributed by atoms with Crippen LogP contribution in [0.15, 0.2) is 47.6 Å². The van der Waals surface area contributed by atoms with Gasteiger partial charge in [0, 0.05) is 18.9 Å². The third kappa shape index (κ3) is 3.19. The molecule has 100 valence electrons. The molecule has 19 heavy (non-hydrogen) atoms. The molecule has 0 saturated carbocycles. The Morgan fingerprint density at radius 2 is 1.79 bits per heavy atom. The third-order valence-electron chi connectivity index (χ3n) is 2.34. The standard InChI is InChI=1S/C12H14N4O2S/c1-2-13-10-6-3-4-7-11(10)19(17,18)16-12-14-8-5-9-15-12/h3-9,13H,2H2,1H3,(H,14,15,16). The molecule has 2 N–H and O–H groups in total. The normalized spacial score (nSPS) is 11.0. The van der Waals surface area contributed by atoms with Crippen molar-refractivity contribution in [1.29, 1.82) is 0 Å². The summed E-state index contributed by atoms with van der Waals surface area (Å²) >= 11 is 0. The second-order valence-corrected chi connectivity index (χ2v) is 5.36. The first-order valence-corrected chi connectivity index (χ1v) is 7.24. The Kier molecular flexibility index (Phi) is 3.96. The number of aromatic nitrogens is 2. The number of hydrogen-bond acceptors (Lipinski definition) is 5. The van der Waals surface area contributed by atoms with Crippen molar-refractivity contribution in [1.82, 2.24) is 9.97 Å². The third-order valence-corrected chi connectivity index (χ3v) is 3.72. The molecule has 0 unspecified atom stereocenters. The summed E-state index contributed by atoms with van der Waals surface area (Å²) in [5.74, 6) is 0.0498. The lowest BCUT2D eigenvalue weighted by Gasteiger charge is -2.11. The average molecular weight is 278 g/mol. The molecule has 2 rings (SSSR count). The molecule has 2 aromatic rings. The first-order chi connectivity index (χ1) is 9.13. The molecule has 0 spiro atoms. The Hall–Kier alpha value is -2.15. The van der Waals surface area contributed by atoms with E-state index in [9.17, 15) is 8.42 Å². The van der Waals surface area contributed by atoms with Crippen molar-refractivity contribution in [2.75, 3.05) is 16.6 Å². The molecule has 0 bridgehead atoms. The SMILES string of the molecule is CCNc1ccccc1S(=O)(=O)Nc1ncccn1. The molecule has 1 aromatic heterocycles. The summed E-state index contributed by atoms with van der Waals surface area (Å²) in [5, 5.41) is 3.01. The van der Waals surface area contributed by atoms with Crippen molar-refractivity contribution < 1.29 is 8.42 Å². The maximum Gasteiger partial charge on any atom is 0.266 e. The summed E-state index contributed by atoms with van der Waals surface area (Å²) in [5.41, 5.74) is 0.549. The number of nitrogens with one attached hydrogen (secondary N) is 2. The second kappa shape index (κ2) is 5.66. The molecule has 0 radical (unpaired) electrons. The minimum Gasteiger partial charge on any atom is -0.384 e. The van der Waals surface area contributed by atoms with Gasteiger partial charge in [0.25, 0.3) is 10.0 Å². The molecule has 0 fully saturated rings. The van der Waals surface area contributed by atoms with Crippen LogP contribution in [-0.2, 0) is 10.0 Å². The van der Waals surface area contributed by atoms with Gasteiger partial charge < -0.3 is 5.32 Å². The summed E-state index contributed by atoms with van der Waals surface area (Å²) in [6.07, 6.45) is 2.95. The van der Waals surface area contributed by atoms with Crippen LogP contribution in [0.4, 0.5) is 11.6 Å². The van der Waals surface area contributed by atoms with Gasteiger partial charge in [-0.2, -0.15) is 0 Å². The molecule has 1 aromatic carbocycles. The van der Waals surface area contributed by atoms with Crippen molar-refractivity contribution in [2.45, 2.75) is 11.8 Å². The number of sulfonamides is 1. The Labute approximate surface area is 112 Å². The van der Waals surface area contributed by atoms with Gasteiger partial charge in [-0.25, -0.2) is 23.1 Å². The summed E-state index contributed by atoms with van der Waals surface area (Å²) in [6, 6.07) is 8.30. The summed E-state index contributed by atoms with van der Waals surface area (Å²) in [6.45, 7) is 2.53. The Bertz CT molecular complexity index is 644. The minimum atomic E-state index is -3.70. The van der Waals surface area contributed by atoms with Crippen LogP contribution < -0.4 is 10.0 Å². The summed E-state index contributed by atoms with van der Waals surface area (Å²) in [4.78, 5) is 7.86. The van der Waals surface area contributed by atoms with Gasteiger partial charge in [-0.15, -0.1) is 0 Å².